The van der Waals surface area contributed by atoms with E-state index in [0.29, 0.717) is 36.3 Å². The fourth-order valence-electron chi connectivity index (χ4n) is 3.64. The van der Waals surface area contributed by atoms with E-state index in [-0.39, 0.29) is 5.91 Å². The Morgan fingerprint density at radius 3 is 2.32 bits per heavy atom. The van der Waals surface area contributed by atoms with Crippen LogP contribution in [0.5, 0.6) is 0 Å². The van der Waals surface area contributed by atoms with Gasteiger partial charge in [0, 0.05) is 18.8 Å². The van der Waals surface area contributed by atoms with Crippen molar-refractivity contribution in [2.24, 2.45) is 0 Å². The summed E-state index contributed by atoms with van der Waals surface area (Å²) in [4.78, 5) is 12.3. The first-order valence-electron chi connectivity index (χ1n) is 9.29. The highest BCUT2D eigenvalue weighted by molar-refractivity contribution is 7.89. The Bertz CT molecular complexity index is 676. The van der Waals surface area contributed by atoms with Crippen molar-refractivity contribution in [1.82, 2.24) is 4.31 Å². The number of hydrogen-bond donors (Lipinski definition) is 2. The number of carbonyl (C=O) groups excluding carboxylic acids is 1. The van der Waals surface area contributed by atoms with Gasteiger partial charge in [-0.15, -0.1) is 0 Å². The average molecular weight is 367 g/mol. The molecule has 2 aliphatic rings. The van der Waals surface area contributed by atoms with E-state index in [0.717, 1.165) is 19.3 Å². The molecule has 3 rings (SSSR count). The number of hydrogen-bond acceptors (Lipinski definition) is 3. The molecule has 138 valence electrons. The predicted molar refractivity (Wildman–Crippen MR) is 96.7 cm³/mol. The minimum Gasteiger partial charge on any atom is -0.336 e. The van der Waals surface area contributed by atoms with Gasteiger partial charge in [-0.2, -0.15) is 4.31 Å². The molecule has 0 atom stereocenters. The highest BCUT2D eigenvalue weighted by atomic mass is 32.2. The molecule has 1 heterocycles. The maximum Gasteiger partial charge on any atom is 0.279 e. The first kappa shape index (κ1) is 18.4. The maximum atomic E-state index is 12.6. The van der Waals surface area contributed by atoms with Crippen molar-refractivity contribution < 1.29 is 18.5 Å². The predicted octanol–water partition coefficient (Wildman–Crippen LogP) is 1.31. The highest BCUT2D eigenvalue weighted by Gasteiger charge is 2.25. The van der Waals surface area contributed by atoms with Crippen molar-refractivity contribution in [2.75, 3.05) is 25.0 Å². The number of amides is 1. The molecule has 1 amide bonds. The fraction of sp³-hybridized carbons (Fsp3) is 0.611. The van der Waals surface area contributed by atoms with E-state index in [4.69, 9.17) is 0 Å². The van der Waals surface area contributed by atoms with Gasteiger partial charge in [0.25, 0.3) is 5.91 Å². The van der Waals surface area contributed by atoms with Crippen molar-refractivity contribution >= 4 is 21.6 Å². The van der Waals surface area contributed by atoms with Gasteiger partial charge in [0.15, 0.2) is 6.54 Å². The quantitative estimate of drug-likeness (QED) is 0.796. The van der Waals surface area contributed by atoms with Crippen LogP contribution in [0.3, 0.4) is 0 Å². The van der Waals surface area contributed by atoms with Gasteiger partial charge in [0.05, 0.1) is 10.9 Å². The molecule has 3 N–H and O–H groups in total. The standard InChI is InChI=1S/C18H27N3O3S/c22-18(14-19-15-6-2-3-7-15)20-16-8-10-17(11-9-16)25(23,24)21-12-4-1-5-13-21/h8-11,15,19H,1-7,12-14H2,(H,20,22)/p+1. The average Bonchev–Trinajstić information content (AvgIpc) is 3.15. The zero-order valence-electron chi connectivity index (χ0n) is 14.6. The van der Waals surface area contributed by atoms with Gasteiger partial charge >= 0.3 is 0 Å². The van der Waals surface area contributed by atoms with Crippen LogP contribution in [-0.4, -0.2) is 44.3 Å². The third-order valence-corrected chi connectivity index (χ3v) is 7.04. The third kappa shape index (κ3) is 4.80. The van der Waals surface area contributed by atoms with Gasteiger partial charge in [-0.05, 0) is 62.8 Å². The second-order valence-electron chi connectivity index (χ2n) is 7.02. The molecule has 1 aliphatic carbocycles. The van der Waals surface area contributed by atoms with E-state index in [9.17, 15) is 13.2 Å². The lowest BCUT2D eigenvalue weighted by atomic mass is 10.2. The van der Waals surface area contributed by atoms with Crippen LogP contribution in [-0.2, 0) is 14.8 Å². The molecule has 2 fully saturated rings. The number of quaternary nitrogens is 1. The Kier molecular flexibility index (Phi) is 6.09. The summed E-state index contributed by atoms with van der Waals surface area (Å²) in [6.07, 6.45) is 7.84. The van der Waals surface area contributed by atoms with Crippen LogP contribution in [0.4, 0.5) is 5.69 Å². The number of rotatable bonds is 6. The topological polar surface area (TPSA) is 83.1 Å². The van der Waals surface area contributed by atoms with E-state index >= 15 is 0 Å². The molecule has 1 aromatic rings. The molecule has 1 saturated carbocycles. The van der Waals surface area contributed by atoms with Crippen molar-refractivity contribution in [3.05, 3.63) is 24.3 Å². The van der Waals surface area contributed by atoms with Crippen LogP contribution >= 0.6 is 0 Å². The molecule has 0 bridgehead atoms. The lowest BCUT2D eigenvalue weighted by Crippen LogP contribution is -2.91. The summed E-state index contributed by atoms with van der Waals surface area (Å²) >= 11 is 0. The number of piperidine rings is 1. The third-order valence-electron chi connectivity index (χ3n) is 5.13. The first-order valence-corrected chi connectivity index (χ1v) is 10.7. The van der Waals surface area contributed by atoms with E-state index in [2.05, 4.69) is 10.6 Å². The number of carbonyl (C=O) groups is 1. The van der Waals surface area contributed by atoms with Crippen molar-refractivity contribution in [1.29, 1.82) is 0 Å². The minimum absolute atomic E-state index is 0.0430. The van der Waals surface area contributed by atoms with E-state index in [1.54, 1.807) is 28.6 Å². The maximum absolute atomic E-state index is 12.6. The summed E-state index contributed by atoms with van der Waals surface area (Å²) in [5, 5.41) is 4.95. The Morgan fingerprint density at radius 2 is 1.68 bits per heavy atom. The summed E-state index contributed by atoms with van der Waals surface area (Å²) in [5.74, 6) is -0.0430. The zero-order valence-corrected chi connectivity index (χ0v) is 15.4. The lowest BCUT2D eigenvalue weighted by molar-refractivity contribution is -0.677. The number of anilines is 1. The number of nitrogens with one attached hydrogen (secondary N) is 1. The molecule has 1 aliphatic heterocycles. The van der Waals surface area contributed by atoms with Gasteiger partial charge in [0.1, 0.15) is 0 Å². The number of nitrogens with two attached hydrogens (primary N) is 1. The molecular weight excluding hydrogens is 338 g/mol. The van der Waals surface area contributed by atoms with Crippen LogP contribution in [0.15, 0.2) is 29.2 Å². The molecule has 6 nitrogen and oxygen atoms in total. The first-order chi connectivity index (χ1) is 12.1. The molecule has 1 saturated heterocycles. The van der Waals surface area contributed by atoms with Gasteiger partial charge in [-0.25, -0.2) is 8.42 Å². The molecule has 0 unspecified atom stereocenters. The van der Waals surface area contributed by atoms with Gasteiger partial charge in [0.2, 0.25) is 10.0 Å². The number of sulfonamides is 1. The molecule has 1 aromatic carbocycles. The Hall–Kier alpha value is -1.44. The lowest BCUT2D eigenvalue weighted by Gasteiger charge is -2.25. The van der Waals surface area contributed by atoms with Crippen molar-refractivity contribution in [3.63, 3.8) is 0 Å². The molecule has 25 heavy (non-hydrogen) atoms. The van der Waals surface area contributed by atoms with Gasteiger partial charge in [-0.3, -0.25) is 4.79 Å². The number of benzene rings is 1. The van der Waals surface area contributed by atoms with Crippen LogP contribution in [0.1, 0.15) is 44.9 Å². The summed E-state index contributed by atoms with van der Waals surface area (Å²) in [7, 11) is -3.41. The van der Waals surface area contributed by atoms with Crippen molar-refractivity contribution in [2.45, 2.75) is 55.9 Å². The SMILES string of the molecule is O=C(C[NH2+]C1CCCC1)Nc1ccc(S(=O)(=O)N2CCCCC2)cc1. The van der Waals surface area contributed by atoms with E-state index < -0.39 is 10.0 Å². The zero-order chi connectivity index (χ0) is 17.7. The molecular formula is C18H28N3O3S+. The van der Waals surface area contributed by atoms with Crippen LogP contribution in [0, 0.1) is 0 Å². The Morgan fingerprint density at radius 1 is 1.04 bits per heavy atom. The molecule has 0 radical (unpaired) electrons. The summed E-state index contributed by atoms with van der Waals surface area (Å²) in [6, 6.07) is 7.08. The highest BCUT2D eigenvalue weighted by Crippen LogP contribution is 2.22. The van der Waals surface area contributed by atoms with E-state index in [1.807, 2.05) is 0 Å². The second-order valence-corrected chi connectivity index (χ2v) is 8.96. The molecule has 0 aromatic heterocycles. The van der Waals surface area contributed by atoms with Crippen LogP contribution in [0.25, 0.3) is 0 Å². The Labute approximate surface area is 150 Å². The van der Waals surface area contributed by atoms with Gasteiger partial charge < -0.3 is 10.6 Å². The Balaban J connectivity index is 1.55. The van der Waals surface area contributed by atoms with Crippen molar-refractivity contribution in [3.8, 4) is 0 Å². The van der Waals surface area contributed by atoms with Crippen LogP contribution in [0.2, 0.25) is 0 Å². The molecule has 7 heteroatoms. The summed E-state index contributed by atoms with van der Waals surface area (Å²) in [5.41, 5.74) is 0.641. The van der Waals surface area contributed by atoms with Crippen LogP contribution < -0.4 is 10.6 Å². The second kappa shape index (κ2) is 8.29. The smallest absolute Gasteiger partial charge is 0.279 e. The van der Waals surface area contributed by atoms with Gasteiger partial charge in [-0.1, -0.05) is 6.42 Å². The fourth-order valence-corrected chi connectivity index (χ4v) is 5.16. The minimum atomic E-state index is -3.41. The monoisotopic (exact) mass is 366 g/mol. The largest absolute Gasteiger partial charge is 0.336 e. The molecule has 0 spiro atoms. The van der Waals surface area contributed by atoms with E-state index in [1.165, 1.54) is 25.7 Å². The normalized spacial score (nSPS) is 19.8. The summed E-state index contributed by atoms with van der Waals surface area (Å²) in [6.45, 7) is 1.61. The summed E-state index contributed by atoms with van der Waals surface area (Å²) < 4.78 is 26.8. The number of nitrogens with zero attached hydrogens (tertiary/aromatic N) is 1.